The van der Waals surface area contributed by atoms with Crippen molar-refractivity contribution in [2.45, 2.75) is 6.42 Å². The Labute approximate surface area is 85.5 Å². The molecule has 2 N–H and O–H groups in total. The number of nitrogens with one attached hydrogen (secondary N) is 1. The fourth-order valence-electron chi connectivity index (χ4n) is 1.27. The van der Waals surface area contributed by atoms with E-state index in [1.165, 1.54) is 0 Å². The van der Waals surface area contributed by atoms with Gasteiger partial charge in [0.05, 0.1) is 6.07 Å². The van der Waals surface area contributed by atoms with Crippen LogP contribution in [0.3, 0.4) is 0 Å². The van der Waals surface area contributed by atoms with Crippen molar-refractivity contribution in [2.24, 2.45) is 0 Å². The lowest BCUT2D eigenvalue weighted by Crippen LogP contribution is -2.09. The van der Waals surface area contributed by atoms with E-state index in [0.29, 0.717) is 12.2 Å². The highest BCUT2D eigenvalue weighted by Gasteiger charge is 2.01. The first-order valence-corrected chi connectivity index (χ1v) is 4.42. The van der Waals surface area contributed by atoms with Crippen LogP contribution in [0.15, 0.2) is 35.4 Å². The van der Waals surface area contributed by atoms with Gasteiger partial charge in [-0.3, -0.25) is 9.78 Å². The Morgan fingerprint density at radius 3 is 3.00 bits per heavy atom. The monoisotopic (exact) mass is 203 g/mol. The quantitative estimate of drug-likeness (QED) is 0.743. The van der Waals surface area contributed by atoms with Crippen molar-refractivity contribution < 1.29 is 5.11 Å². The molecular weight excluding hydrogens is 194 g/mol. The average Bonchev–Trinajstić information content (AvgIpc) is 2.17. The minimum absolute atomic E-state index is 0.266. The van der Waals surface area contributed by atoms with Gasteiger partial charge in [0.15, 0.2) is 0 Å². The second-order valence-electron chi connectivity index (χ2n) is 3.09. The molecule has 0 radical (unpaired) electrons. The van der Waals surface area contributed by atoms with Gasteiger partial charge in [-0.25, -0.2) is 0 Å². The van der Waals surface area contributed by atoms with E-state index in [1.807, 2.05) is 6.07 Å². The average molecular weight is 203 g/mol. The first-order chi connectivity index (χ1) is 7.24. The molecule has 5 heteroatoms. The highest BCUT2D eigenvalue weighted by atomic mass is 16.3. The van der Waals surface area contributed by atoms with Crippen molar-refractivity contribution in [3.05, 3.63) is 52.3 Å². The van der Waals surface area contributed by atoms with Crippen LogP contribution < -0.4 is 5.56 Å². The molecular formula is C10H9N3O2. The maximum absolute atomic E-state index is 11.0. The molecule has 0 spiro atoms. The summed E-state index contributed by atoms with van der Waals surface area (Å²) in [6.07, 6.45) is 3.80. The van der Waals surface area contributed by atoms with Gasteiger partial charge in [-0.15, -0.1) is 0 Å². The van der Waals surface area contributed by atoms with Gasteiger partial charge in [0, 0.05) is 18.8 Å². The van der Waals surface area contributed by atoms with Crippen LogP contribution in [0.4, 0.5) is 0 Å². The van der Waals surface area contributed by atoms with Crippen LogP contribution in [0.1, 0.15) is 11.4 Å². The zero-order valence-corrected chi connectivity index (χ0v) is 7.84. The van der Waals surface area contributed by atoms with Gasteiger partial charge >= 0.3 is 0 Å². The largest absolute Gasteiger partial charge is 0.493 e. The number of aromatic hydroxyl groups is 1. The molecule has 0 aliphatic heterocycles. The van der Waals surface area contributed by atoms with E-state index in [0.717, 1.165) is 11.6 Å². The fraction of sp³-hybridized carbons (Fsp3) is 0.100. The zero-order valence-electron chi connectivity index (χ0n) is 7.84. The molecule has 15 heavy (non-hydrogen) atoms. The highest BCUT2D eigenvalue weighted by Crippen LogP contribution is 2.04. The van der Waals surface area contributed by atoms with Crippen LogP contribution in [-0.2, 0) is 6.42 Å². The number of aromatic nitrogens is 3. The maximum Gasteiger partial charge on any atom is 0.254 e. The van der Waals surface area contributed by atoms with E-state index in [-0.39, 0.29) is 11.4 Å². The molecule has 0 saturated heterocycles. The topological polar surface area (TPSA) is 78.9 Å². The molecule has 2 aromatic heterocycles. The van der Waals surface area contributed by atoms with Gasteiger partial charge < -0.3 is 10.1 Å². The van der Waals surface area contributed by atoms with E-state index >= 15 is 0 Å². The Bertz CT molecular complexity index is 508. The lowest BCUT2D eigenvalue weighted by Gasteiger charge is -2.00. The smallest absolute Gasteiger partial charge is 0.254 e. The molecule has 2 heterocycles. The molecule has 2 aromatic rings. The summed E-state index contributed by atoms with van der Waals surface area (Å²) in [6.45, 7) is 0. The summed E-state index contributed by atoms with van der Waals surface area (Å²) >= 11 is 0. The van der Waals surface area contributed by atoms with E-state index < -0.39 is 0 Å². The number of hydrogen-bond donors (Lipinski definition) is 2. The molecule has 2 rings (SSSR count). The molecule has 0 aliphatic carbocycles. The van der Waals surface area contributed by atoms with Crippen LogP contribution in [0, 0.1) is 0 Å². The lowest BCUT2D eigenvalue weighted by atomic mass is 10.2. The summed E-state index contributed by atoms with van der Waals surface area (Å²) < 4.78 is 0. The lowest BCUT2D eigenvalue weighted by molar-refractivity contribution is 0.448. The summed E-state index contributed by atoms with van der Waals surface area (Å²) in [5.41, 5.74) is 0.563. The van der Waals surface area contributed by atoms with Crippen LogP contribution >= 0.6 is 0 Å². The third-order valence-electron chi connectivity index (χ3n) is 1.87. The van der Waals surface area contributed by atoms with Crippen LogP contribution in [0.5, 0.6) is 5.88 Å². The molecule has 0 aliphatic rings. The molecule has 5 nitrogen and oxygen atoms in total. The Hall–Kier alpha value is -2.17. The number of H-pyrrole nitrogens is 1. The van der Waals surface area contributed by atoms with Crippen LogP contribution in [0.2, 0.25) is 0 Å². The summed E-state index contributed by atoms with van der Waals surface area (Å²) in [5, 5.41) is 9.13. The van der Waals surface area contributed by atoms with Gasteiger partial charge in [-0.2, -0.15) is 4.98 Å². The van der Waals surface area contributed by atoms with Gasteiger partial charge in [-0.05, 0) is 11.6 Å². The fourth-order valence-corrected chi connectivity index (χ4v) is 1.27. The van der Waals surface area contributed by atoms with Crippen molar-refractivity contribution in [3.8, 4) is 5.88 Å². The summed E-state index contributed by atoms with van der Waals surface area (Å²) in [6, 6.07) is 4.71. The predicted octanol–water partition coefficient (Wildman–Crippen LogP) is 0.461. The summed E-state index contributed by atoms with van der Waals surface area (Å²) in [7, 11) is 0. The minimum atomic E-state index is -0.360. The van der Waals surface area contributed by atoms with Crippen LogP contribution in [0.25, 0.3) is 0 Å². The predicted molar refractivity (Wildman–Crippen MR) is 53.6 cm³/mol. The van der Waals surface area contributed by atoms with E-state index in [2.05, 4.69) is 15.0 Å². The van der Waals surface area contributed by atoms with Crippen molar-refractivity contribution in [2.75, 3.05) is 0 Å². The number of nitrogens with zero attached hydrogens (tertiary/aromatic N) is 2. The molecule has 76 valence electrons. The second-order valence-corrected chi connectivity index (χ2v) is 3.09. The number of aromatic amines is 1. The molecule has 0 atom stereocenters. The Morgan fingerprint density at radius 2 is 2.33 bits per heavy atom. The highest BCUT2D eigenvalue weighted by molar-refractivity contribution is 5.16. The Kier molecular flexibility index (Phi) is 2.45. The third-order valence-corrected chi connectivity index (χ3v) is 1.87. The third kappa shape index (κ3) is 2.40. The Balaban J connectivity index is 2.29. The summed E-state index contributed by atoms with van der Waals surface area (Å²) in [4.78, 5) is 21.3. The molecule has 0 bridgehead atoms. The molecule has 0 amide bonds. The molecule has 0 aromatic carbocycles. The van der Waals surface area contributed by atoms with Crippen molar-refractivity contribution in [3.63, 3.8) is 0 Å². The van der Waals surface area contributed by atoms with Crippen molar-refractivity contribution in [1.29, 1.82) is 0 Å². The van der Waals surface area contributed by atoms with Crippen molar-refractivity contribution >= 4 is 0 Å². The standard InChI is InChI=1S/C10H9N3O2/c14-9-5-10(15)13-8(12-9)4-7-2-1-3-11-6-7/h1-3,5-6H,4H2,(H2,12,13,14,15). The molecule has 0 fully saturated rings. The molecule has 0 unspecified atom stereocenters. The van der Waals surface area contributed by atoms with E-state index in [4.69, 9.17) is 5.11 Å². The van der Waals surface area contributed by atoms with Gasteiger partial charge in [-0.1, -0.05) is 6.07 Å². The number of rotatable bonds is 2. The van der Waals surface area contributed by atoms with Crippen LogP contribution in [-0.4, -0.2) is 20.1 Å². The van der Waals surface area contributed by atoms with Gasteiger partial charge in [0.25, 0.3) is 5.56 Å². The number of pyridine rings is 1. The number of hydrogen-bond acceptors (Lipinski definition) is 4. The Morgan fingerprint density at radius 1 is 1.47 bits per heavy atom. The van der Waals surface area contributed by atoms with E-state index in [1.54, 1.807) is 18.5 Å². The first kappa shape index (κ1) is 9.39. The maximum atomic E-state index is 11.0. The molecule has 0 saturated carbocycles. The SMILES string of the molecule is O=c1cc(O)nc(Cc2cccnc2)[nH]1. The van der Waals surface area contributed by atoms with Gasteiger partial charge in [0.1, 0.15) is 5.82 Å². The summed E-state index contributed by atoms with van der Waals surface area (Å²) in [5.74, 6) is 0.158. The first-order valence-electron chi connectivity index (χ1n) is 4.42. The van der Waals surface area contributed by atoms with Crippen molar-refractivity contribution in [1.82, 2.24) is 15.0 Å². The second kappa shape index (κ2) is 3.91. The van der Waals surface area contributed by atoms with Gasteiger partial charge in [0.2, 0.25) is 5.88 Å². The minimum Gasteiger partial charge on any atom is -0.493 e. The van der Waals surface area contributed by atoms with E-state index in [9.17, 15) is 4.79 Å². The zero-order chi connectivity index (χ0) is 10.7. The normalized spacial score (nSPS) is 10.1.